The predicted octanol–water partition coefficient (Wildman–Crippen LogP) is 3.28. The van der Waals surface area contributed by atoms with Gasteiger partial charge in [-0.05, 0) is 31.0 Å². The van der Waals surface area contributed by atoms with Gasteiger partial charge < -0.3 is 14.5 Å². The van der Waals surface area contributed by atoms with Crippen molar-refractivity contribution in [3.63, 3.8) is 0 Å². The number of benzene rings is 2. The molecule has 2 aromatic rings. The number of nitrogens with zero attached hydrogens (tertiary/aromatic N) is 2. The summed E-state index contributed by atoms with van der Waals surface area (Å²) in [5.74, 6) is -0.308. The summed E-state index contributed by atoms with van der Waals surface area (Å²) in [7, 11) is 0. The van der Waals surface area contributed by atoms with Gasteiger partial charge in [-0.15, -0.1) is 0 Å². The van der Waals surface area contributed by atoms with E-state index in [9.17, 15) is 14.0 Å². The van der Waals surface area contributed by atoms with Gasteiger partial charge in [0.25, 0.3) is 5.91 Å². The van der Waals surface area contributed by atoms with E-state index in [-0.39, 0.29) is 23.5 Å². The molecular weight excluding hydrogens is 371 g/mol. The third kappa shape index (κ3) is 4.32. The van der Waals surface area contributed by atoms with Crippen molar-refractivity contribution < 1.29 is 18.7 Å². The Balaban J connectivity index is 1.35. The molecule has 0 aromatic heterocycles. The van der Waals surface area contributed by atoms with Crippen LogP contribution in [0.2, 0.25) is 0 Å². The Morgan fingerprint density at radius 2 is 1.59 bits per heavy atom. The highest BCUT2D eigenvalue weighted by atomic mass is 19.1. The van der Waals surface area contributed by atoms with Crippen LogP contribution < -0.4 is 0 Å². The van der Waals surface area contributed by atoms with E-state index in [2.05, 4.69) is 0 Å². The summed E-state index contributed by atoms with van der Waals surface area (Å²) < 4.78 is 19.8. The quantitative estimate of drug-likeness (QED) is 0.800. The number of amides is 2. The van der Waals surface area contributed by atoms with Crippen LogP contribution in [0.5, 0.6) is 0 Å². The third-order valence-electron chi connectivity index (χ3n) is 5.78. The van der Waals surface area contributed by atoms with Crippen molar-refractivity contribution in [2.75, 3.05) is 32.8 Å². The first kappa shape index (κ1) is 19.6. The highest BCUT2D eigenvalue weighted by molar-refractivity contribution is 5.94. The normalized spacial score (nSPS) is 20.5. The number of likely N-dealkylation sites (tertiary alicyclic amines) is 1. The number of piperidine rings is 1. The number of carbonyl (C=O) groups is 2. The van der Waals surface area contributed by atoms with Gasteiger partial charge in [0.05, 0.1) is 13.2 Å². The molecule has 0 bridgehead atoms. The van der Waals surface area contributed by atoms with Gasteiger partial charge in [0.1, 0.15) is 11.9 Å². The Bertz CT molecular complexity index is 865. The summed E-state index contributed by atoms with van der Waals surface area (Å²) in [6.45, 7) is 2.43. The molecule has 0 aliphatic carbocycles. The van der Waals surface area contributed by atoms with Gasteiger partial charge >= 0.3 is 0 Å². The van der Waals surface area contributed by atoms with E-state index in [1.54, 1.807) is 23.1 Å². The lowest BCUT2D eigenvalue weighted by atomic mass is 9.94. The van der Waals surface area contributed by atoms with Crippen LogP contribution in [0, 0.1) is 11.7 Å². The first-order valence-corrected chi connectivity index (χ1v) is 10.1. The second-order valence-corrected chi connectivity index (χ2v) is 7.60. The van der Waals surface area contributed by atoms with Gasteiger partial charge in [-0.1, -0.05) is 36.4 Å². The number of hydrogen-bond acceptors (Lipinski definition) is 3. The van der Waals surface area contributed by atoms with Crippen LogP contribution in [-0.2, 0) is 9.53 Å². The highest BCUT2D eigenvalue weighted by Gasteiger charge is 2.33. The second kappa shape index (κ2) is 8.74. The lowest BCUT2D eigenvalue weighted by molar-refractivity contribution is -0.144. The maximum absolute atomic E-state index is 14.1. The van der Waals surface area contributed by atoms with Gasteiger partial charge in [0.2, 0.25) is 5.91 Å². The number of carbonyl (C=O) groups excluding carboxylic acids is 2. The largest absolute Gasteiger partial charge is 0.370 e. The standard InChI is InChI=1S/C23H25FN2O3/c24-20-9-5-4-8-19(20)21-16-26(14-15-29-21)23(28)18-10-12-25(13-11-18)22(27)17-6-2-1-3-7-17/h1-9,18,21H,10-16H2. The van der Waals surface area contributed by atoms with Gasteiger partial charge in [-0.3, -0.25) is 9.59 Å². The summed E-state index contributed by atoms with van der Waals surface area (Å²) >= 11 is 0. The summed E-state index contributed by atoms with van der Waals surface area (Å²) in [6, 6.07) is 15.8. The molecule has 2 aliphatic heterocycles. The van der Waals surface area contributed by atoms with Crippen LogP contribution in [0.15, 0.2) is 54.6 Å². The molecule has 2 heterocycles. The van der Waals surface area contributed by atoms with Crippen LogP contribution in [-0.4, -0.2) is 54.4 Å². The van der Waals surface area contributed by atoms with Crippen LogP contribution in [0.3, 0.4) is 0 Å². The maximum atomic E-state index is 14.1. The van der Waals surface area contributed by atoms with Crippen molar-refractivity contribution in [2.24, 2.45) is 5.92 Å². The molecule has 5 nitrogen and oxygen atoms in total. The molecule has 0 N–H and O–H groups in total. The van der Waals surface area contributed by atoms with Crippen molar-refractivity contribution in [3.05, 3.63) is 71.5 Å². The van der Waals surface area contributed by atoms with E-state index in [4.69, 9.17) is 4.74 Å². The van der Waals surface area contributed by atoms with Crippen LogP contribution in [0.1, 0.15) is 34.9 Å². The van der Waals surface area contributed by atoms with Crippen LogP contribution in [0.4, 0.5) is 4.39 Å². The first-order chi connectivity index (χ1) is 14.1. The monoisotopic (exact) mass is 396 g/mol. The summed E-state index contributed by atoms with van der Waals surface area (Å²) in [5, 5.41) is 0. The molecular formula is C23H25FN2O3. The SMILES string of the molecule is O=C(c1ccccc1)N1CCC(C(=O)N2CCOC(c3ccccc3F)C2)CC1. The van der Waals surface area contributed by atoms with Gasteiger partial charge in [-0.25, -0.2) is 4.39 Å². The van der Waals surface area contributed by atoms with E-state index in [1.165, 1.54) is 6.07 Å². The minimum atomic E-state index is -0.436. The maximum Gasteiger partial charge on any atom is 0.253 e. The molecule has 152 valence electrons. The lowest BCUT2D eigenvalue weighted by Gasteiger charge is -2.38. The number of halogens is 1. The summed E-state index contributed by atoms with van der Waals surface area (Å²) in [5.41, 5.74) is 1.17. The molecule has 0 spiro atoms. The lowest BCUT2D eigenvalue weighted by Crippen LogP contribution is -2.48. The molecule has 0 radical (unpaired) electrons. The Kier molecular flexibility index (Phi) is 5.90. The van der Waals surface area contributed by atoms with E-state index in [0.29, 0.717) is 56.8 Å². The smallest absolute Gasteiger partial charge is 0.253 e. The third-order valence-corrected chi connectivity index (χ3v) is 5.78. The zero-order chi connectivity index (χ0) is 20.2. The fourth-order valence-electron chi connectivity index (χ4n) is 4.12. The Morgan fingerprint density at radius 1 is 0.897 bits per heavy atom. The van der Waals surface area contributed by atoms with Crippen molar-refractivity contribution in [3.8, 4) is 0 Å². The Hall–Kier alpha value is -2.73. The van der Waals surface area contributed by atoms with E-state index in [0.717, 1.165) is 0 Å². The number of hydrogen-bond donors (Lipinski definition) is 0. The Labute approximate surface area is 170 Å². The zero-order valence-corrected chi connectivity index (χ0v) is 16.3. The first-order valence-electron chi connectivity index (χ1n) is 10.1. The predicted molar refractivity (Wildman–Crippen MR) is 107 cm³/mol. The molecule has 2 amide bonds. The Morgan fingerprint density at radius 3 is 2.31 bits per heavy atom. The van der Waals surface area contributed by atoms with Crippen LogP contribution in [0.25, 0.3) is 0 Å². The number of ether oxygens (including phenoxy) is 1. The minimum absolute atomic E-state index is 0.0162. The van der Waals surface area contributed by atoms with Crippen molar-refractivity contribution in [1.29, 1.82) is 0 Å². The topological polar surface area (TPSA) is 49.9 Å². The molecule has 2 saturated heterocycles. The molecule has 1 unspecified atom stereocenters. The minimum Gasteiger partial charge on any atom is -0.370 e. The average molecular weight is 396 g/mol. The van der Waals surface area contributed by atoms with Crippen molar-refractivity contribution in [2.45, 2.75) is 18.9 Å². The van der Waals surface area contributed by atoms with E-state index in [1.807, 2.05) is 35.2 Å². The van der Waals surface area contributed by atoms with E-state index >= 15 is 0 Å². The number of morpholine rings is 1. The summed E-state index contributed by atoms with van der Waals surface area (Å²) in [6.07, 6.45) is 0.867. The highest BCUT2D eigenvalue weighted by Crippen LogP contribution is 2.27. The van der Waals surface area contributed by atoms with E-state index < -0.39 is 6.10 Å². The molecule has 2 aliphatic rings. The summed E-state index contributed by atoms with van der Waals surface area (Å²) in [4.78, 5) is 29.2. The number of rotatable bonds is 3. The molecule has 0 saturated carbocycles. The molecule has 1 atom stereocenters. The average Bonchev–Trinajstić information content (AvgIpc) is 2.79. The molecule has 2 fully saturated rings. The molecule has 2 aromatic carbocycles. The molecule has 29 heavy (non-hydrogen) atoms. The van der Waals surface area contributed by atoms with Gasteiger partial charge in [0.15, 0.2) is 0 Å². The molecule has 4 rings (SSSR count). The van der Waals surface area contributed by atoms with Gasteiger partial charge in [-0.2, -0.15) is 0 Å². The van der Waals surface area contributed by atoms with Crippen molar-refractivity contribution >= 4 is 11.8 Å². The zero-order valence-electron chi connectivity index (χ0n) is 16.3. The van der Waals surface area contributed by atoms with Gasteiger partial charge in [0, 0.05) is 36.7 Å². The van der Waals surface area contributed by atoms with Crippen molar-refractivity contribution in [1.82, 2.24) is 9.80 Å². The second-order valence-electron chi connectivity index (χ2n) is 7.60. The van der Waals surface area contributed by atoms with Crippen LogP contribution >= 0.6 is 0 Å². The fraction of sp³-hybridized carbons (Fsp3) is 0.391. The fourth-order valence-corrected chi connectivity index (χ4v) is 4.12. The molecule has 6 heteroatoms.